The Morgan fingerprint density at radius 3 is 2.55 bits per heavy atom. The molecule has 1 aromatic carbocycles. The maximum atomic E-state index is 6.13. The highest BCUT2D eigenvalue weighted by Crippen LogP contribution is 2.40. The average Bonchev–Trinajstić information content (AvgIpc) is 3.22. The Morgan fingerprint density at radius 2 is 1.79 bits per heavy atom. The monoisotopic (exact) mass is 463 g/mol. The van der Waals surface area contributed by atoms with E-state index in [9.17, 15) is 0 Å². The first kappa shape index (κ1) is 20.9. The van der Waals surface area contributed by atoms with Crippen molar-refractivity contribution in [2.75, 3.05) is 23.3 Å². The Balaban J connectivity index is 1.21. The van der Waals surface area contributed by atoms with E-state index in [0.717, 1.165) is 60.8 Å². The number of fused-ring (bicyclic) bond motifs is 3. The number of benzene rings is 1. The lowest BCUT2D eigenvalue weighted by molar-refractivity contribution is 0.374. The van der Waals surface area contributed by atoms with Gasteiger partial charge in [-0.1, -0.05) is 30.2 Å². The van der Waals surface area contributed by atoms with Gasteiger partial charge < -0.3 is 10.2 Å². The molecule has 1 aliphatic carbocycles. The molecular weight excluding hydrogens is 434 g/mol. The van der Waals surface area contributed by atoms with Crippen LogP contribution in [0.25, 0.3) is 0 Å². The minimum absolute atomic E-state index is 0.271. The fraction of sp³-hybridized carbons (Fsp3) is 0.520. The number of nitrogens with one attached hydrogen (secondary N) is 1. The molecule has 172 valence electrons. The maximum Gasteiger partial charge on any atom is 0.242 e. The summed E-state index contributed by atoms with van der Waals surface area (Å²) in [5.74, 6) is 4.35. The molecule has 33 heavy (non-hydrogen) atoms. The number of aryl methyl sites for hydroxylation is 2. The van der Waals surface area contributed by atoms with Crippen molar-refractivity contribution in [3.05, 3.63) is 58.8 Å². The van der Waals surface area contributed by atoms with Crippen LogP contribution >= 0.6 is 11.6 Å². The van der Waals surface area contributed by atoms with Crippen molar-refractivity contribution >= 4 is 23.4 Å². The Kier molecular flexibility index (Phi) is 5.45. The molecule has 1 unspecified atom stereocenters. The van der Waals surface area contributed by atoms with Gasteiger partial charge in [-0.3, -0.25) is 0 Å². The molecule has 0 spiro atoms. The van der Waals surface area contributed by atoms with E-state index in [1.807, 2.05) is 19.1 Å². The second kappa shape index (κ2) is 8.60. The minimum atomic E-state index is 0.271. The standard InChI is InChI=1S/C25H30ClN7/c1-16-12-22(28-15-27-16)32-13-18-5-6-19(14-32)23(18)29-25-30-24-21(4-2-3-11-33(24)31-25)17-7-9-20(26)10-8-17/h7-10,12,15,18-19,21,23H,2-6,11,13-14H2,1H3,(H,29,31)/t18-,19+,21?,23+. The zero-order chi connectivity index (χ0) is 22.4. The summed E-state index contributed by atoms with van der Waals surface area (Å²) in [6, 6.07) is 10.7. The topological polar surface area (TPSA) is 71.8 Å². The summed E-state index contributed by atoms with van der Waals surface area (Å²) < 4.78 is 2.13. The summed E-state index contributed by atoms with van der Waals surface area (Å²) in [7, 11) is 0. The van der Waals surface area contributed by atoms with E-state index in [4.69, 9.17) is 21.7 Å². The van der Waals surface area contributed by atoms with Crippen LogP contribution in [0.5, 0.6) is 0 Å². The fourth-order valence-electron chi connectivity index (χ4n) is 6.00. The molecule has 4 heterocycles. The van der Waals surface area contributed by atoms with Crippen LogP contribution < -0.4 is 10.2 Å². The van der Waals surface area contributed by atoms with Crippen LogP contribution in [0.3, 0.4) is 0 Å². The smallest absolute Gasteiger partial charge is 0.242 e. The minimum Gasteiger partial charge on any atom is -0.356 e. The van der Waals surface area contributed by atoms with Gasteiger partial charge in [0.2, 0.25) is 5.95 Å². The lowest BCUT2D eigenvalue weighted by atomic mass is 9.92. The van der Waals surface area contributed by atoms with Crippen molar-refractivity contribution in [1.29, 1.82) is 0 Å². The third kappa shape index (κ3) is 4.07. The Hall–Kier alpha value is -2.67. The number of nitrogens with zero attached hydrogens (tertiary/aromatic N) is 6. The second-order valence-electron chi connectivity index (χ2n) is 9.81. The predicted octanol–water partition coefficient (Wildman–Crippen LogP) is 4.67. The summed E-state index contributed by atoms with van der Waals surface area (Å²) in [6.45, 7) is 5.00. The van der Waals surface area contributed by atoms with E-state index < -0.39 is 0 Å². The molecule has 6 rings (SSSR count). The van der Waals surface area contributed by atoms with Crippen molar-refractivity contribution < 1.29 is 0 Å². The molecule has 4 atom stereocenters. The van der Waals surface area contributed by atoms with Crippen LogP contribution in [0, 0.1) is 18.8 Å². The van der Waals surface area contributed by atoms with Gasteiger partial charge in [-0.15, -0.1) is 5.10 Å². The highest BCUT2D eigenvalue weighted by atomic mass is 35.5. The molecule has 2 fully saturated rings. The van der Waals surface area contributed by atoms with Crippen LogP contribution in [-0.2, 0) is 6.54 Å². The van der Waals surface area contributed by atoms with Gasteiger partial charge >= 0.3 is 0 Å². The lowest BCUT2D eigenvalue weighted by Crippen LogP contribution is -2.48. The van der Waals surface area contributed by atoms with Crippen molar-refractivity contribution in [3.63, 3.8) is 0 Å². The van der Waals surface area contributed by atoms with Crippen molar-refractivity contribution in [2.24, 2.45) is 11.8 Å². The van der Waals surface area contributed by atoms with E-state index in [1.54, 1.807) is 6.33 Å². The summed E-state index contributed by atoms with van der Waals surface area (Å²) in [6.07, 6.45) is 7.58. The van der Waals surface area contributed by atoms with Crippen LogP contribution in [0.1, 0.15) is 55.1 Å². The van der Waals surface area contributed by atoms with Crippen LogP contribution in [0.2, 0.25) is 5.02 Å². The zero-order valence-corrected chi connectivity index (χ0v) is 19.7. The predicted molar refractivity (Wildman–Crippen MR) is 130 cm³/mol. The summed E-state index contributed by atoms with van der Waals surface area (Å²) in [5, 5.41) is 9.45. The van der Waals surface area contributed by atoms with Crippen LogP contribution in [0.4, 0.5) is 11.8 Å². The second-order valence-corrected chi connectivity index (χ2v) is 10.2. The van der Waals surface area contributed by atoms with Crippen LogP contribution in [0.15, 0.2) is 36.7 Å². The Labute approximate surface area is 199 Å². The summed E-state index contributed by atoms with van der Waals surface area (Å²) in [4.78, 5) is 16.3. The third-order valence-corrected chi connectivity index (χ3v) is 7.89. The van der Waals surface area contributed by atoms with Crippen molar-refractivity contribution in [2.45, 2.75) is 57.5 Å². The van der Waals surface area contributed by atoms with Gasteiger partial charge in [0.05, 0.1) is 0 Å². The Morgan fingerprint density at radius 1 is 1.00 bits per heavy atom. The molecule has 1 saturated heterocycles. The molecule has 2 aromatic heterocycles. The first-order valence-corrected chi connectivity index (χ1v) is 12.5. The van der Waals surface area contributed by atoms with Gasteiger partial charge in [-0.05, 0) is 62.1 Å². The molecule has 2 aliphatic heterocycles. The maximum absolute atomic E-state index is 6.13. The Bertz CT molecular complexity index is 1110. The van der Waals surface area contributed by atoms with Gasteiger partial charge in [0.25, 0.3) is 0 Å². The number of aromatic nitrogens is 5. The number of halogens is 1. The van der Waals surface area contributed by atoms with Gasteiger partial charge in [0.1, 0.15) is 18.0 Å². The van der Waals surface area contributed by atoms with E-state index in [-0.39, 0.29) is 5.92 Å². The molecule has 2 bridgehead atoms. The number of rotatable bonds is 4. The molecule has 7 nitrogen and oxygen atoms in total. The average molecular weight is 464 g/mol. The SMILES string of the molecule is Cc1cc(N2C[C@H]3CC[C@@H](C2)[C@H]3Nc2nc3n(n2)CCCCC3c2ccc(Cl)cc2)ncn1. The molecule has 1 saturated carbocycles. The molecule has 1 N–H and O–H groups in total. The number of hydrogen-bond acceptors (Lipinski definition) is 6. The quantitative estimate of drug-likeness (QED) is 0.606. The molecule has 3 aromatic rings. The lowest BCUT2D eigenvalue weighted by Gasteiger charge is -2.38. The molecule has 0 radical (unpaired) electrons. The van der Waals surface area contributed by atoms with E-state index in [1.165, 1.54) is 24.8 Å². The van der Waals surface area contributed by atoms with E-state index >= 15 is 0 Å². The zero-order valence-electron chi connectivity index (χ0n) is 19.0. The van der Waals surface area contributed by atoms with Crippen LogP contribution in [-0.4, -0.2) is 43.9 Å². The first-order valence-electron chi connectivity index (χ1n) is 12.1. The normalized spacial score (nSPS) is 26.7. The van der Waals surface area contributed by atoms with Gasteiger partial charge in [0.15, 0.2) is 0 Å². The van der Waals surface area contributed by atoms with E-state index in [0.29, 0.717) is 17.9 Å². The van der Waals surface area contributed by atoms with E-state index in [2.05, 4.69) is 43.1 Å². The molecule has 0 amide bonds. The van der Waals surface area contributed by atoms with Gasteiger partial charge in [0, 0.05) is 48.4 Å². The van der Waals surface area contributed by atoms with Gasteiger partial charge in [-0.25, -0.2) is 14.6 Å². The van der Waals surface area contributed by atoms with Gasteiger partial charge in [-0.2, -0.15) is 4.98 Å². The van der Waals surface area contributed by atoms with Crippen molar-refractivity contribution in [3.8, 4) is 0 Å². The summed E-state index contributed by atoms with van der Waals surface area (Å²) >= 11 is 6.13. The third-order valence-electron chi connectivity index (χ3n) is 7.64. The fourth-order valence-corrected chi connectivity index (χ4v) is 6.12. The van der Waals surface area contributed by atoms with Crippen molar-refractivity contribution in [1.82, 2.24) is 24.7 Å². The largest absolute Gasteiger partial charge is 0.356 e. The first-order chi connectivity index (χ1) is 16.1. The molecule has 8 heteroatoms. The molecule has 3 aliphatic rings. The number of anilines is 2. The highest BCUT2D eigenvalue weighted by molar-refractivity contribution is 6.30. The highest BCUT2D eigenvalue weighted by Gasteiger charge is 2.43. The number of hydrogen-bond donors (Lipinski definition) is 1. The number of piperidine rings is 1. The molecular formula is C25H30ClN7. The summed E-state index contributed by atoms with van der Waals surface area (Å²) in [5.41, 5.74) is 2.29.